The molecule has 0 saturated carbocycles. The van der Waals surface area contributed by atoms with Gasteiger partial charge in [0.1, 0.15) is 0 Å². The first-order valence-corrected chi connectivity index (χ1v) is 7.10. The maximum absolute atomic E-state index is 12.7. The third-order valence-corrected chi connectivity index (χ3v) is 4.04. The minimum Gasteiger partial charge on any atom is -0.351 e. The Morgan fingerprint density at radius 1 is 1.35 bits per heavy atom. The van der Waals surface area contributed by atoms with E-state index in [9.17, 15) is 18.0 Å². The molecule has 112 valence electrons. The van der Waals surface area contributed by atoms with Gasteiger partial charge in [-0.25, -0.2) is 0 Å². The molecule has 2 nitrogen and oxygen atoms in total. The summed E-state index contributed by atoms with van der Waals surface area (Å²) in [6, 6.07) is 3.37. The molecule has 0 aliphatic heterocycles. The smallest absolute Gasteiger partial charge is 0.351 e. The maximum Gasteiger partial charge on any atom is 0.417 e. The third kappa shape index (κ3) is 4.66. The van der Waals surface area contributed by atoms with Crippen molar-refractivity contribution in [3.63, 3.8) is 0 Å². The molecule has 0 atom stereocenters. The van der Waals surface area contributed by atoms with Gasteiger partial charge >= 0.3 is 6.18 Å². The summed E-state index contributed by atoms with van der Waals surface area (Å²) < 4.78 is 38.1. The Balaban J connectivity index is 2.90. The van der Waals surface area contributed by atoms with E-state index in [0.29, 0.717) is 5.88 Å². The van der Waals surface area contributed by atoms with Crippen molar-refractivity contribution in [3.05, 3.63) is 33.8 Å². The van der Waals surface area contributed by atoms with Crippen molar-refractivity contribution >= 4 is 33.4 Å². The number of carbonyl (C=O) groups is 1. The van der Waals surface area contributed by atoms with E-state index in [1.807, 2.05) is 13.8 Å². The van der Waals surface area contributed by atoms with Gasteiger partial charge in [-0.3, -0.25) is 4.79 Å². The summed E-state index contributed by atoms with van der Waals surface area (Å²) in [5.74, 6) is -0.220. The fourth-order valence-electron chi connectivity index (χ4n) is 1.35. The largest absolute Gasteiger partial charge is 0.417 e. The van der Waals surface area contributed by atoms with Crippen molar-refractivity contribution in [2.45, 2.75) is 20.0 Å². The lowest BCUT2D eigenvalue weighted by molar-refractivity contribution is -0.138. The molecule has 0 aliphatic carbocycles. The molecule has 0 heterocycles. The van der Waals surface area contributed by atoms with E-state index in [1.54, 1.807) is 0 Å². The average molecular weight is 373 g/mol. The molecule has 1 aromatic carbocycles. The SMILES string of the molecule is CC(C)(CCl)CNC(=O)c1ccc(Br)c(C(F)(F)F)c1. The molecule has 0 aromatic heterocycles. The predicted octanol–water partition coefficient (Wildman–Crippen LogP) is 4.46. The zero-order valence-electron chi connectivity index (χ0n) is 10.9. The molecule has 0 bridgehead atoms. The number of nitrogens with one attached hydrogen (secondary N) is 1. The number of carbonyl (C=O) groups excluding carboxylic acids is 1. The normalized spacial score (nSPS) is 12.3. The van der Waals surface area contributed by atoms with Crippen LogP contribution in [0.3, 0.4) is 0 Å². The van der Waals surface area contributed by atoms with E-state index < -0.39 is 17.6 Å². The molecule has 1 N–H and O–H groups in total. The Bertz CT molecular complexity index is 503. The van der Waals surface area contributed by atoms with Gasteiger partial charge in [-0.2, -0.15) is 13.2 Å². The van der Waals surface area contributed by atoms with Crippen LogP contribution < -0.4 is 5.32 Å². The van der Waals surface area contributed by atoms with Crippen molar-refractivity contribution in [2.75, 3.05) is 12.4 Å². The number of hydrogen-bond acceptors (Lipinski definition) is 1. The topological polar surface area (TPSA) is 29.1 Å². The summed E-state index contributed by atoms with van der Waals surface area (Å²) in [6.07, 6.45) is -4.51. The lowest BCUT2D eigenvalue weighted by atomic mass is 9.96. The Morgan fingerprint density at radius 2 is 1.95 bits per heavy atom. The summed E-state index contributed by atoms with van der Waals surface area (Å²) in [7, 11) is 0. The lowest BCUT2D eigenvalue weighted by Crippen LogP contribution is -2.35. The molecule has 0 radical (unpaired) electrons. The van der Waals surface area contributed by atoms with E-state index in [1.165, 1.54) is 12.1 Å². The second kappa shape index (κ2) is 6.35. The zero-order valence-corrected chi connectivity index (χ0v) is 13.3. The fraction of sp³-hybridized carbons (Fsp3) is 0.462. The molecular formula is C13H14BrClF3NO. The van der Waals surface area contributed by atoms with Gasteiger partial charge in [0.05, 0.1) is 5.56 Å². The Labute approximate surface area is 128 Å². The van der Waals surface area contributed by atoms with Gasteiger partial charge in [-0.05, 0) is 23.6 Å². The first kappa shape index (κ1) is 17.3. The van der Waals surface area contributed by atoms with Crippen molar-refractivity contribution in [2.24, 2.45) is 5.41 Å². The number of hydrogen-bond donors (Lipinski definition) is 1. The number of rotatable bonds is 4. The highest BCUT2D eigenvalue weighted by Crippen LogP contribution is 2.35. The number of benzene rings is 1. The van der Waals surface area contributed by atoms with Crippen LogP contribution in [0.15, 0.2) is 22.7 Å². The van der Waals surface area contributed by atoms with Crippen LogP contribution in [0.5, 0.6) is 0 Å². The monoisotopic (exact) mass is 371 g/mol. The van der Waals surface area contributed by atoms with Gasteiger partial charge in [0.15, 0.2) is 0 Å². The summed E-state index contributed by atoms with van der Waals surface area (Å²) in [5, 5.41) is 2.58. The summed E-state index contributed by atoms with van der Waals surface area (Å²) >= 11 is 8.55. The van der Waals surface area contributed by atoms with Gasteiger partial charge < -0.3 is 5.32 Å². The molecule has 0 fully saturated rings. The predicted molar refractivity (Wildman–Crippen MR) is 76.0 cm³/mol. The second-order valence-corrected chi connectivity index (χ2v) is 6.29. The maximum atomic E-state index is 12.7. The van der Waals surface area contributed by atoms with Gasteiger partial charge in [0, 0.05) is 22.5 Å². The zero-order chi connectivity index (χ0) is 15.6. The van der Waals surface area contributed by atoms with Crippen molar-refractivity contribution in [1.82, 2.24) is 5.32 Å². The first-order chi connectivity index (χ1) is 9.07. The van der Waals surface area contributed by atoms with Crippen LogP contribution in [0.25, 0.3) is 0 Å². The van der Waals surface area contributed by atoms with Gasteiger partial charge in [-0.1, -0.05) is 29.8 Å². The van der Waals surface area contributed by atoms with Gasteiger partial charge in [0.25, 0.3) is 5.91 Å². The minimum atomic E-state index is -4.51. The first-order valence-electron chi connectivity index (χ1n) is 5.78. The number of halogens is 5. The highest BCUT2D eigenvalue weighted by Gasteiger charge is 2.33. The highest BCUT2D eigenvalue weighted by atomic mass is 79.9. The fourth-order valence-corrected chi connectivity index (χ4v) is 1.92. The molecule has 20 heavy (non-hydrogen) atoms. The quantitative estimate of drug-likeness (QED) is 0.777. The van der Waals surface area contributed by atoms with Crippen LogP contribution in [0.2, 0.25) is 0 Å². The van der Waals surface area contributed by atoms with E-state index in [-0.39, 0.29) is 22.0 Å². The summed E-state index contributed by atoms with van der Waals surface area (Å²) in [5.41, 5.74) is -1.23. The Kier molecular flexibility index (Phi) is 5.49. The molecule has 0 saturated heterocycles. The van der Waals surface area contributed by atoms with E-state index in [4.69, 9.17) is 11.6 Å². The second-order valence-electron chi connectivity index (χ2n) is 5.17. The molecule has 0 spiro atoms. The van der Waals surface area contributed by atoms with Crippen LogP contribution >= 0.6 is 27.5 Å². The van der Waals surface area contributed by atoms with Crippen molar-refractivity contribution < 1.29 is 18.0 Å². The summed E-state index contributed by atoms with van der Waals surface area (Å²) in [4.78, 5) is 11.9. The van der Waals surface area contributed by atoms with Gasteiger partial charge in [0.2, 0.25) is 0 Å². The van der Waals surface area contributed by atoms with Crippen LogP contribution in [-0.4, -0.2) is 18.3 Å². The molecule has 1 amide bonds. The average Bonchev–Trinajstić information content (AvgIpc) is 2.35. The van der Waals surface area contributed by atoms with E-state index >= 15 is 0 Å². The number of amides is 1. The van der Waals surface area contributed by atoms with Crippen molar-refractivity contribution in [1.29, 1.82) is 0 Å². The van der Waals surface area contributed by atoms with Crippen molar-refractivity contribution in [3.8, 4) is 0 Å². The van der Waals surface area contributed by atoms with E-state index in [2.05, 4.69) is 21.2 Å². The third-order valence-electron chi connectivity index (χ3n) is 2.62. The Hall–Kier alpha value is -0.750. The lowest BCUT2D eigenvalue weighted by Gasteiger charge is -2.21. The molecule has 7 heteroatoms. The van der Waals surface area contributed by atoms with Crippen LogP contribution in [0, 0.1) is 5.41 Å². The van der Waals surface area contributed by atoms with Crippen LogP contribution in [-0.2, 0) is 6.18 Å². The Morgan fingerprint density at radius 3 is 2.45 bits per heavy atom. The standard InChI is InChI=1S/C13H14BrClF3NO/c1-12(2,6-15)7-19-11(20)8-3-4-10(14)9(5-8)13(16,17)18/h3-5H,6-7H2,1-2H3,(H,19,20). The number of alkyl halides is 4. The highest BCUT2D eigenvalue weighted by molar-refractivity contribution is 9.10. The van der Waals surface area contributed by atoms with Gasteiger partial charge in [-0.15, -0.1) is 11.6 Å². The molecule has 0 unspecified atom stereocenters. The minimum absolute atomic E-state index is 0.0362. The van der Waals surface area contributed by atoms with Crippen LogP contribution in [0.4, 0.5) is 13.2 Å². The van der Waals surface area contributed by atoms with Crippen LogP contribution in [0.1, 0.15) is 29.8 Å². The molecule has 1 rings (SSSR count). The molecule has 0 aliphatic rings. The molecular weight excluding hydrogens is 358 g/mol. The summed E-state index contributed by atoms with van der Waals surface area (Å²) in [6.45, 7) is 3.98. The molecule has 1 aromatic rings. The van der Waals surface area contributed by atoms with E-state index in [0.717, 1.165) is 6.07 Å².